The van der Waals surface area contributed by atoms with Crippen molar-refractivity contribution in [1.82, 2.24) is 9.73 Å². The Kier molecular flexibility index (Phi) is 6.52. The third-order valence-electron chi connectivity index (χ3n) is 3.83. The lowest BCUT2D eigenvalue weighted by atomic mass is 10.1. The standard InChI is InChI=1S/C16H21F2N3O4S/c1-3-4-7-12-10-11(2)19-21(12)16(22)20-26(23,24)14-9-6-5-8-13(14)25-15(17)18/h5-6,8-9,12,15H,3-4,7,10H2,1-2H3,(H,20,22). The number of benzene rings is 1. The number of halogens is 2. The molecule has 10 heteroatoms. The topological polar surface area (TPSA) is 88.1 Å². The fourth-order valence-corrected chi connectivity index (χ4v) is 3.76. The van der Waals surface area contributed by atoms with Gasteiger partial charge in [0.05, 0.1) is 6.04 Å². The molecule has 1 N–H and O–H groups in total. The average molecular weight is 389 g/mol. The molecule has 1 aromatic carbocycles. The zero-order valence-corrected chi connectivity index (χ0v) is 15.3. The van der Waals surface area contributed by atoms with Crippen molar-refractivity contribution in [2.75, 3.05) is 0 Å². The lowest BCUT2D eigenvalue weighted by Gasteiger charge is -2.22. The number of amides is 2. The van der Waals surface area contributed by atoms with Crippen molar-refractivity contribution in [2.45, 2.75) is 57.1 Å². The SMILES string of the molecule is CCCCC1CC(C)=NN1C(=O)NS(=O)(=O)c1ccccc1OC(F)F. The molecule has 1 heterocycles. The van der Waals surface area contributed by atoms with Crippen molar-refractivity contribution < 1.29 is 26.7 Å². The number of carbonyl (C=O) groups excluding carboxylic acids is 1. The molecule has 0 radical (unpaired) electrons. The Morgan fingerprint density at radius 3 is 2.77 bits per heavy atom. The van der Waals surface area contributed by atoms with Gasteiger partial charge in [-0.3, -0.25) is 0 Å². The summed E-state index contributed by atoms with van der Waals surface area (Å²) in [7, 11) is -4.40. The molecule has 7 nitrogen and oxygen atoms in total. The summed E-state index contributed by atoms with van der Waals surface area (Å²) in [5.41, 5.74) is 0.722. The van der Waals surface area contributed by atoms with Crippen LogP contribution in [0.5, 0.6) is 5.75 Å². The summed E-state index contributed by atoms with van der Waals surface area (Å²) in [6.45, 7) is 0.579. The number of sulfonamides is 1. The largest absolute Gasteiger partial charge is 0.433 e. The fourth-order valence-electron chi connectivity index (χ4n) is 2.69. The van der Waals surface area contributed by atoms with Gasteiger partial charge >= 0.3 is 12.6 Å². The van der Waals surface area contributed by atoms with E-state index in [1.807, 2.05) is 11.6 Å². The highest BCUT2D eigenvalue weighted by molar-refractivity contribution is 7.90. The van der Waals surface area contributed by atoms with Crippen LogP contribution in [0, 0.1) is 0 Å². The minimum atomic E-state index is -4.40. The number of nitrogens with one attached hydrogen (secondary N) is 1. The monoisotopic (exact) mass is 389 g/mol. The number of hydrazone groups is 1. The van der Waals surface area contributed by atoms with Crippen molar-refractivity contribution in [3.05, 3.63) is 24.3 Å². The van der Waals surface area contributed by atoms with Crippen LogP contribution in [-0.2, 0) is 10.0 Å². The summed E-state index contributed by atoms with van der Waals surface area (Å²) >= 11 is 0. The molecule has 1 atom stereocenters. The van der Waals surface area contributed by atoms with Crippen molar-refractivity contribution in [1.29, 1.82) is 0 Å². The van der Waals surface area contributed by atoms with Gasteiger partial charge in [0.2, 0.25) is 0 Å². The fraction of sp³-hybridized carbons (Fsp3) is 0.500. The molecule has 0 aliphatic carbocycles. The highest BCUT2D eigenvalue weighted by Gasteiger charge is 2.32. The van der Waals surface area contributed by atoms with E-state index in [2.05, 4.69) is 9.84 Å². The Morgan fingerprint density at radius 2 is 2.12 bits per heavy atom. The van der Waals surface area contributed by atoms with Crippen LogP contribution in [0.25, 0.3) is 0 Å². The van der Waals surface area contributed by atoms with Crippen LogP contribution in [0.15, 0.2) is 34.3 Å². The van der Waals surface area contributed by atoms with Crippen LogP contribution in [0.2, 0.25) is 0 Å². The van der Waals surface area contributed by atoms with Crippen LogP contribution < -0.4 is 9.46 Å². The Bertz CT molecular complexity index is 783. The van der Waals surface area contributed by atoms with Gasteiger partial charge in [-0.2, -0.15) is 13.9 Å². The number of ether oxygens (including phenoxy) is 1. The minimum Gasteiger partial charge on any atom is -0.433 e. The van der Waals surface area contributed by atoms with E-state index in [1.165, 1.54) is 12.1 Å². The van der Waals surface area contributed by atoms with Crippen molar-refractivity contribution in [2.24, 2.45) is 5.10 Å². The van der Waals surface area contributed by atoms with Gasteiger partial charge in [0, 0.05) is 12.1 Å². The maximum Gasteiger partial charge on any atom is 0.387 e. The minimum absolute atomic E-state index is 0.224. The van der Waals surface area contributed by atoms with Gasteiger partial charge in [-0.25, -0.2) is 22.9 Å². The Balaban J connectivity index is 2.20. The summed E-state index contributed by atoms with van der Waals surface area (Å²) in [6.07, 6.45) is 3.06. The molecule has 0 bridgehead atoms. The van der Waals surface area contributed by atoms with Crippen LogP contribution in [0.1, 0.15) is 39.5 Å². The van der Waals surface area contributed by atoms with E-state index in [9.17, 15) is 22.0 Å². The summed E-state index contributed by atoms with van der Waals surface area (Å²) in [6, 6.07) is 3.73. The Hall–Kier alpha value is -2.23. The molecule has 0 fully saturated rings. The van der Waals surface area contributed by atoms with Crippen LogP contribution in [0.3, 0.4) is 0 Å². The molecule has 0 aromatic heterocycles. The third-order valence-corrected chi connectivity index (χ3v) is 5.19. The maximum atomic E-state index is 12.5. The van der Waals surface area contributed by atoms with Crippen LogP contribution in [0.4, 0.5) is 13.6 Å². The summed E-state index contributed by atoms with van der Waals surface area (Å²) < 4.78 is 56.0. The number of rotatable bonds is 7. The van der Waals surface area contributed by atoms with Gasteiger partial charge in [0.15, 0.2) is 0 Å². The molecular weight excluding hydrogens is 368 g/mol. The molecule has 1 aliphatic rings. The summed E-state index contributed by atoms with van der Waals surface area (Å²) in [5.74, 6) is -0.536. The first kappa shape index (κ1) is 20.1. The predicted molar refractivity (Wildman–Crippen MR) is 91.7 cm³/mol. The molecule has 2 rings (SSSR count). The number of para-hydroxylation sites is 1. The lowest BCUT2D eigenvalue weighted by molar-refractivity contribution is -0.0517. The molecule has 0 spiro atoms. The number of hydrogen-bond donors (Lipinski definition) is 1. The number of urea groups is 1. The first-order chi connectivity index (χ1) is 12.2. The van der Waals surface area contributed by atoms with Crippen molar-refractivity contribution in [3.8, 4) is 5.75 Å². The molecule has 2 amide bonds. The van der Waals surface area contributed by atoms with Crippen LogP contribution in [-0.4, -0.2) is 37.8 Å². The first-order valence-corrected chi connectivity index (χ1v) is 9.67. The lowest BCUT2D eigenvalue weighted by Crippen LogP contribution is -2.43. The van der Waals surface area contributed by atoms with Crippen molar-refractivity contribution in [3.63, 3.8) is 0 Å². The molecule has 1 aromatic rings. The van der Waals surface area contributed by atoms with E-state index in [0.717, 1.165) is 35.7 Å². The Morgan fingerprint density at radius 1 is 1.42 bits per heavy atom. The van der Waals surface area contributed by atoms with Crippen LogP contribution >= 0.6 is 0 Å². The molecule has 26 heavy (non-hydrogen) atoms. The molecule has 0 saturated heterocycles. The number of carbonyl (C=O) groups is 1. The van der Waals surface area contributed by atoms with E-state index in [-0.39, 0.29) is 6.04 Å². The van der Waals surface area contributed by atoms with Crippen molar-refractivity contribution >= 4 is 21.8 Å². The highest BCUT2D eigenvalue weighted by atomic mass is 32.2. The second kappa shape index (κ2) is 8.43. The van der Waals surface area contributed by atoms with Gasteiger partial charge in [-0.15, -0.1) is 0 Å². The van der Waals surface area contributed by atoms with E-state index < -0.39 is 33.3 Å². The number of unbranched alkanes of at least 4 members (excludes halogenated alkanes) is 1. The molecule has 0 saturated carbocycles. The summed E-state index contributed by atoms with van der Waals surface area (Å²) in [5, 5.41) is 5.20. The second-order valence-corrected chi connectivity index (χ2v) is 7.57. The smallest absolute Gasteiger partial charge is 0.387 e. The molecule has 1 unspecified atom stereocenters. The molecule has 144 valence electrons. The quantitative estimate of drug-likeness (QED) is 0.775. The number of hydrogen-bond acceptors (Lipinski definition) is 5. The maximum absolute atomic E-state index is 12.5. The van der Waals surface area contributed by atoms with Gasteiger partial charge in [-0.05, 0) is 25.5 Å². The molecular formula is C16H21F2N3O4S. The first-order valence-electron chi connectivity index (χ1n) is 8.18. The zero-order valence-electron chi connectivity index (χ0n) is 14.5. The van der Waals surface area contributed by atoms with E-state index in [0.29, 0.717) is 12.8 Å². The average Bonchev–Trinajstić information content (AvgIpc) is 2.93. The van der Waals surface area contributed by atoms with E-state index in [1.54, 1.807) is 6.92 Å². The second-order valence-electron chi connectivity index (χ2n) is 5.92. The van der Waals surface area contributed by atoms with Gasteiger partial charge in [-0.1, -0.05) is 31.9 Å². The number of nitrogens with zero attached hydrogens (tertiary/aromatic N) is 2. The molecule has 1 aliphatic heterocycles. The van der Waals surface area contributed by atoms with Gasteiger partial charge < -0.3 is 4.74 Å². The van der Waals surface area contributed by atoms with Gasteiger partial charge in [0.25, 0.3) is 10.0 Å². The predicted octanol–water partition coefficient (Wildman–Crippen LogP) is 3.33. The third kappa shape index (κ3) is 4.90. The zero-order chi connectivity index (χ0) is 19.3. The Labute approximate surface area is 151 Å². The van der Waals surface area contributed by atoms with Gasteiger partial charge in [0.1, 0.15) is 10.6 Å². The number of alkyl halides is 2. The summed E-state index contributed by atoms with van der Waals surface area (Å²) in [4.78, 5) is 11.9. The van der Waals surface area contributed by atoms with E-state index in [4.69, 9.17) is 0 Å². The van der Waals surface area contributed by atoms with E-state index >= 15 is 0 Å². The highest BCUT2D eigenvalue weighted by Crippen LogP contribution is 2.26. The normalized spacial score (nSPS) is 17.3.